The first kappa shape index (κ1) is 16.2. The second-order valence-corrected chi connectivity index (χ2v) is 7.89. The van der Waals surface area contributed by atoms with E-state index in [4.69, 9.17) is 12.2 Å². The summed E-state index contributed by atoms with van der Waals surface area (Å²) in [6.45, 7) is 1.82. The van der Waals surface area contributed by atoms with Crippen molar-refractivity contribution < 1.29 is 8.42 Å². The first-order chi connectivity index (χ1) is 9.80. The van der Waals surface area contributed by atoms with E-state index >= 15 is 0 Å². The van der Waals surface area contributed by atoms with Crippen LogP contribution < -0.4 is 0 Å². The van der Waals surface area contributed by atoms with Gasteiger partial charge in [-0.25, -0.2) is 8.42 Å². The molecule has 0 spiro atoms. The number of para-hydroxylation sites is 1. The van der Waals surface area contributed by atoms with Gasteiger partial charge in [0, 0.05) is 12.8 Å². The van der Waals surface area contributed by atoms with Crippen molar-refractivity contribution in [2.24, 2.45) is 0 Å². The maximum Gasteiger partial charge on any atom is 0.178 e. The van der Waals surface area contributed by atoms with Crippen LogP contribution in [0.5, 0.6) is 0 Å². The van der Waals surface area contributed by atoms with Crippen LogP contribution in [-0.4, -0.2) is 49.8 Å². The predicted octanol–water partition coefficient (Wildman–Crippen LogP) is 2.44. The monoisotopic (exact) mass is 327 g/mol. The Morgan fingerprint density at radius 2 is 2.00 bits per heavy atom. The van der Waals surface area contributed by atoms with Crippen molar-refractivity contribution in [3.63, 3.8) is 0 Å². The summed E-state index contributed by atoms with van der Waals surface area (Å²) in [5, 5.41) is 0. The molecule has 1 heterocycles. The van der Waals surface area contributed by atoms with Gasteiger partial charge in [-0.3, -0.25) is 0 Å². The lowest BCUT2D eigenvalue weighted by Crippen LogP contribution is -2.13. The molecule has 0 aliphatic rings. The highest BCUT2D eigenvalue weighted by Gasteiger charge is 2.15. The second-order valence-electron chi connectivity index (χ2n) is 5.51. The van der Waals surface area contributed by atoms with Crippen molar-refractivity contribution in [1.29, 1.82) is 0 Å². The zero-order chi connectivity index (χ0) is 15.6. The Balaban J connectivity index is 2.34. The Morgan fingerprint density at radius 3 is 2.62 bits per heavy atom. The molecule has 21 heavy (non-hydrogen) atoms. The number of rotatable bonds is 6. The number of unbranched alkanes of at least 4 members (excludes halogenated alkanes) is 1. The van der Waals surface area contributed by atoms with Gasteiger partial charge in [-0.15, -0.1) is 0 Å². The smallest absolute Gasteiger partial charge is 0.178 e. The normalized spacial score (nSPS) is 12.4. The van der Waals surface area contributed by atoms with Crippen molar-refractivity contribution in [3.05, 3.63) is 23.0 Å². The van der Waals surface area contributed by atoms with Crippen molar-refractivity contribution in [1.82, 2.24) is 14.5 Å². The van der Waals surface area contributed by atoms with Crippen molar-refractivity contribution in [3.8, 4) is 0 Å². The molecule has 2 aromatic rings. The van der Waals surface area contributed by atoms with Crippen LogP contribution in [0.4, 0.5) is 0 Å². The molecule has 0 aliphatic heterocycles. The molecule has 0 aliphatic carbocycles. The van der Waals surface area contributed by atoms with Crippen LogP contribution in [0, 0.1) is 4.77 Å². The van der Waals surface area contributed by atoms with Crippen LogP contribution in [0.3, 0.4) is 0 Å². The zero-order valence-corrected chi connectivity index (χ0v) is 14.2. The molecule has 1 N–H and O–H groups in total. The van der Waals surface area contributed by atoms with Crippen LogP contribution >= 0.6 is 12.2 Å². The second kappa shape index (κ2) is 6.29. The Bertz CT molecular complexity index is 788. The Labute approximate surface area is 130 Å². The number of imidazole rings is 1. The van der Waals surface area contributed by atoms with Crippen molar-refractivity contribution >= 4 is 33.1 Å². The summed E-state index contributed by atoms with van der Waals surface area (Å²) in [6.07, 6.45) is 3.29. The van der Waals surface area contributed by atoms with Gasteiger partial charge in [-0.2, -0.15) is 0 Å². The van der Waals surface area contributed by atoms with Crippen LogP contribution in [0.1, 0.15) is 12.8 Å². The Hall–Kier alpha value is -1.18. The van der Waals surface area contributed by atoms with E-state index in [1.807, 2.05) is 10.6 Å². The van der Waals surface area contributed by atoms with E-state index < -0.39 is 9.84 Å². The van der Waals surface area contributed by atoms with Crippen LogP contribution in [-0.2, 0) is 16.4 Å². The third kappa shape index (κ3) is 3.72. The van der Waals surface area contributed by atoms with Gasteiger partial charge in [0.15, 0.2) is 14.6 Å². The number of benzene rings is 1. The summed E-state index contributed by atoms with van der Waals surface area (Å²) in [7, 11) is 0.836. The summed E-state index contributed by atoms with van der Waals surface area (Å²) in [5.74, 6) is 0. The highest BCUT2D eigenvalue weighted by molar-refractivity contribution is 7.91. The van der Waals surface area contributed by atoms with Gasteiger partial charge >= 0.3 is 0 Å². The fourth-order valence-electron chi connectivity index (χ4n) is 2.38. The van der Waals surface area contributed by atoms with Gasteiger partial charge in [0.05, 0.1) is 15.9 Å². The van der Waals surface area contributed by atoms with E-state index in [1.54, 1.807) is 12.1 Å². The van der Waals surface area contributed by atoms with Gasteiger partial charge in [-0.05, 0) is 57.8 Å². The van der Waals surface area contributed by atoms with Crippen molar-refractivity contribution in [2.45, 2.75) is 24.3 Å². The van der Waals surface area contributed by atoms with E-state index in [1.165, 1.54) is 6.26 Å². The third-order valence-electron chi connectivity index (χ3n) is 3.41. The summed E-state index contributed by atoms with van der Waals surface area (Å²) >= 11 is 5.34. The molecular formula is C14H21N3O2S2. The highest BCUT2D eigenvalue weighted by atomic mass is 32.2. The number of hydrogen-bond acceptors (Lipinski definition) is 4. The number of nitrogens with one attached hydrogen (secondary N) is 1. The zero-order valence-electron chi connectivity index (χ0n) is 12.6. The van der Waals surface area contributed by atoms with E-state index in [0.29, 0.717) is 15.2 Å². The molecule has 0 radical (unpaired) electrons. The minimum Gasteiger partial charge on any atom is -0.329 e. The summed E-state index contributed by atoms with van der Waals surface area (Å²) < 4.78 is 26.2. The van der Waals surface area contributed by atoms with E-state index in [2.05, 4.69) is 24.0 Å². The van der Waals surface area contributed by atoms with E-state index in [9.17, 15) is 8.42 Å². The molecule has 116 valence electrons. The predicted molar refractivity (Wildman–Crippen MR) is 88.0 cm³/mol. The first-order valence-electron chi connectivity index (χ1n) is 6.87. The molecule has 0 fully saturated rings. The third-order valence-corrected chi connectivity index (χ3v) is 4.87. The summed E-state index contributed by atoms with van der Waals surface area (Å²) in [4.78, 5) is 5.49. The van der Waals surface area contributed by atoms with Gasteiger partial charge in [0.2, 0.25) is 0 Å². The molecule has 0 bridgehead atoms. The molecular weight excluding hydrogens is 306 g/mol. The van der Waals surface area contributed by atoms with Crippen LogP contribution in [0.15, 0.2) is 23.1 Å². The number of hydrogen-bond donors (Lipinski definition) is 1. The molecule has 1 aromatic carbocycles. The first-order valence-corrected chi connectivity index (χ1v) is 9.17. The van der Waals surface area contributed by atoms with Crippen LogP contribution in [0.2, 0.25) is 0 Å². The fraction of sp³-hybridized carbons (Fsp3) is 0.500. The van der Waals surface area contributed by atoms with Gasteiger partial charge in [0.1, 0.15) is 0 Å². The number of aromatic amines is 1. The highest BCUT2D eigenvalue weighted by Crippen LogP contribution is 2.22. The lowest BCUT2D eigenvalue weighted by molar-refractivity contribution is 0.388. The molecule has 0 unspecified atom stereocenters. The Kier molecular flexibility index (Phi) is 4.85. The minimum atomic E-state index is -3.27. The average Bonchev–Trinajstić information content (AvgIpc) is 2.69. The van der Waals surface area contributed by atoms with Gasteiger partial charge in [-0.1, -0.05) is 6.07 Å². The maximum absolute atomic E-state index is 11.8. The SMILES string of the molecule is CN(C)CCCCn1c(=S)[nH]c2c(S(C)(=O)=O)cccc21. The van der Waals surface area contributed by atoms with Crippen LogP contribution in [0.25, 0.3) is 11.0 Å². The molecule has 7 heteroatoms. The number of aryl methyl sites for hydroxylation is 1. The minimum absolute atomic E-state index is 0.304. The summed E-state index contributed by atoms with van der Waals surface area (Å²) in [5.41, 5.74) is 1.46. The number of aromatic nitrogens is 2. The van der Waals surface area contributed by atoms with E-state index in [0.717, 1.165) is 31.4 Å². The fourth-order valence-corrected chi connectivity index (χ4v) is 3.53. The number of sulfone groups is 1. The lowest BCUT2D eigenvalue weighted by Gasteiger charge is -2.09. The van der Waals surface area contributed by atoms with Gasteiger partial charge < -0.3 is 14.5 Å². The molecule has 0 saturated heterocycles. The number of fused-ring (bicyclic) bond motifs is 1. The molecule has 2 rings (SSSR count). The number of nitrogens with zero attached hydrogens (tertiary/aromatic N) is 2. The summed E-state index contributed by atoms with van der Waals surface area (Å²) in [6, 6.07) is 5.28. The molecule has 0 atom stereocenters. The average molecular weight is 327 g/mol. The Morgan fingerprint density at radius 1 is 1.29 bits per heavy atom. The van der Waals surface area contributed by atoms with Crippen molar-refractivity contribution in [2.75, 3.05) is 26.9 Å². The van der Waals surface area contributed by atoms with E-state index in [-0.39, 0.29) is 0 Å². The molecule has 0 amide bonds. The lowest BCUT2D eigenvalue weighted by atomic mass is 10.2. The quantitative estimate of drug-likeness (QED) is 0.654. The standard InChI is InChI=1S/C14H21N3O2S2/c1-16(2)9-4-5-10-17-11-7-6-8-12(21(3,18)19)13(11)15-14(17)20/h6-8H,4-5,9-10H2,1-3H3,(H,15,20). The van der Waals surface area contributed by atoms with Gasteiger partial charge in [0.25, 0.3) is 0 Å². The maximum atomic E-state index is 11.8. The molecule has 0 saturated carbocycles. The topological polar surface area (TPSA) is 58.1 Å². The largest absolute Gasteiger partial charge is 0.329 e. The number of H-pyrrole nitrogens is 1. The molecule has 1 aromatic heterocycles. The molecule has 5 nitrogen and oxygen atoms in total.